The van der Waals surface area contributed by atoms with Crippen molar-refractivity contribution in [3.05, 3.63) is 54.2 Å². The molecule has 7 nitrogen and oxygen atoms in total. The average Bonchev–Trinajstić information content (AvgIpc) is 3.10. The number of nitrogens with one attached hydrogen (secondary N) is 2. The third-order valence-electron chi connectivity index (χ3n) is 3.69. The summed E-state index contributed by atoms with van der Waals surface area (Å²) in [5.41, 5.74) is 0.942. The molecule has 0 saturated carbocycles. The molecule has 0 fully saturated rings. The molecule has 0 aliphatic carbocycles. The monoisotopic (exact) mass is 375 g/mol. The zero-order chi connectivity index (χ0) is 19.4. The summed E-state index contributed by atoms with van der Waals surface area (Å²) in [6.45, 7) is -1.66. The quantitative estimate of drug-likeness (QED) is 0.645. The number of halogens is 2. The molecule has 140 valence electrons. The summed E-state index contributed by atoms with van der Waals surface area (Å²) in [7, 11) is 0. The Balaban J connectivity index is 1.66. The van der Waals surface area contributed by atoms with Gasteiger partial charge in [0.2, 0.25) is 0 Å². The number of rotatable bonds is 6. The fraction of sp³-hybridized carbons (Fsp3) is 0.167. The van der Waals surface area contributed by atoms with Crippen molar-refractivity contribution in [3.8, 4) is 5.75 Å². The lowest BCUT2D eigenvalue weighted by Gasteiger charge is -2.15. The third-order valence-corrected chi connectivity index (χ3v) is 3.69. The van der Waals surface area contributed by atoms with Gasteiger partial charge in [0.05, 0.1) is 23.0 Å². The second kappa shape index (κ2) is 7.81. The van der Waals surface area contributed by atoms with Gasteiger partial charge in [0.15, 0.2) is 6.10 Å². The number of alkyl halides is 2. The molecule has 1 unspecified atom stereocenters. The van der Waals surface area contributed by atoms with E-state index in [-0.39, 0.29) is 17.0 Å². The molecule has 0 radical (unpaired) electrons. The van der Waals surface area contributed by atoms with Gasteiger partial charge >= 0.3 is 12.6 Å². The molecule has 27 heavy (non-hydrogen) atoms. The number of para-hydroxylation sites is 2. The average molecular weight is 375 g/mol. The Morgan fingerprint density at radius 3 is 2.74 bits per heavy atom. The van der Waals surface area contributed by atoms with Gasteiger partial charge in [-0.05, 0) is 31.2 Å². The minimum atomic E-state index is -3.03. The highest BCUT2D eigenvalue weighted by molar-refractivity contribution is 5.99. The van der Waals surface area contributed by atoms with Gasteiger partial charge in [0.25, 0.3) is 5.91 Å². The number of carbonyl (C=O) groups excluding carboxylic acids is 2. The standard InChI is InChI=1S/C18H15F2N3O4/c1-10(16(24)22-13-4-2-3-5-15(13)27-18(19)20)26-17(25)11-6-7-12-9-21-23-14(12)8-11/h2-10,18H,1H3,(H,21,23)(H,22,24). The van der Waals surface area contributed by atoms with Crippen LogP contribution in [0.4, 0.5) is 14.5 Å². The maximum atomic E-state index is 12.4. The van der Waals surface area contributed by atoms with Crippen LogP contribution < -0.4 is 10.1 Å². The molecular formula is C18H15F2N3O4. The molecule has 0 bridgehead atoms. The molecule has 1 aromatic heterocycles. The van der Waals surface area contributed by atoms with E-state index in [1.54, 1.807) is 30.5 Å². The number of aromatic amines is 1. The number of nitrogens with zero attached hydrogens (tertiary/aromatic N) is 1. The van der Waals surface area contributed by atoms with Crippen LogP contribution in [0.15, 0.2) is 48.7 Å². The second-order valence-corrected chi connectivity index (χ2v) is 5.58. The van der Waals surface area contributed by atoms with E-state index in [0.717, 1.165) is 5.39 Å². The maximum Gasteiger partial charge on any atom is 0.387 e. The second-order valence-electron chi connectivity index (χ2n) is 5.58. The number of hydrogen-bond donors (Lipinski definition) is 2. The van der Waals surface area contributed by atoms with Crippen molar-refractivity contribution in [1.29, 1.82) is 0 Å². The molecule has 0 saturated heterocycles. The lowest BCUT2D eigenvalue weighted by atomic mass is 10.2. The van der Waals surface area contributed by atoms with Gasteiger partial charge in [-0.2, -0.15) is 13.9 Å². The number of ether oxygens (including phenoxy) is 2. The Morgan fingerprint density at radius 2 is 1.96 bits per heavy atom. The van der Waals surface area contributed by atoms with Gasteiger partial charge in [-0.1, -0.05) is 18.2 Å². The first-order valence-corrected chi connectivity index (χ1v) is 7.93. The fourth-order valence-corrected chi connectivity index (χ4v) is 2.35. The summed E-state index contributed by atoms with van der Waals surface area (Å²) in [4.78, 5) is 24.5. The van der Waals surface area contributed by atoms with Crippen molar-refractivity contribution in [2.45, 2.75) is 19.6 Å². The topological polar surface area (TPSA) is 93.3 Å². The summed E-state index contributed by atoms with van der Waals surface area (Å²) in [5, 5.41) is 9.83. The number of amides is 1. The SMILES string of the molecule is CC(OC(=O)c1ccc2cn[nH]c2c1)C(=O)Nc1ccccc1OC(F)F. The molecular weight excluding hydrogens is 360 g/mol. The van der Waals surface area contributed by atoms with Crippen LogP contribution in [0.5, 0.6) is 5.75 Å². The highest BCUT2D eigenvalue weighted by atomic mass is 19.3. The van der Waals surface area contributed by atoms with Crippen LogP contribution >= 0.6 is 0 Å². The first-order valence-electron chi connectivity index (χ1n) is 7.93. The predicted molar refractivity (Wildman–Crippen MR) is 92.7 cm³/mol. The van der Waals surface area contributed by atoms with E-state index in [4.69, 9.17) is 4.74 Å². The van der Waals surface area contributed by atoms with Crippen LogP contribution in [0.3, 0.4) is 0 Å². The van der Waals surface area contributed by atoms with Gasteiger partial charge in [0.1, 0.15) is 5.75 Å². The summed E-state index contributed by atoms with van der Waals surface area (Å²) in [6, 6.07) is 10.5. The molecule has 0 aliphatic heterocycles. The van der Waals surface area contributed by atoms with Crippen LogP contribution in [-0.2, 0) is 9.53 Å². The summed E-state index contributed by atoms with van der Waals surface area (Å²) < 4.78 is 34.4. The van der Waals surface area contributed by atoms with Gasteiger partial charge in [-0.15, -0.1) is 0 Å². The van der Waals surface area contributed by atoms with Gasteiger partial charge in [0, 0.05) is 5.39 Å². The smallest absolute Gasteiger partial charge is 0.387 e. The molecule has 9 heteroatoms. The van der Waals surface area contributed by atoms with Crippen molar-refractivity contribution in [3.63, 3.8) is 0 Å². The van der Waals surface area contributed by atoms with E-state index in [1.807, 2.05) is 0 Å². The van der Waals surface area contributed by atoms with Crippen LogP contribution in [0.25, 0.3) is 10.9 Å². The Bertz CT molecular complexity index is 974. The van der Waals surface area contributed by atoms with Crippen LogP contribution in [0.1, 0.15) is 17.3 Å². The molecule has 3 rings (SSSR count). The molecule has 1 amide bonds. The normalized spacial score (nSPS) is 12.0. The van der Waals surface area contributed by atoms with Gasteiger partial charge in [-0.25, -0.2) is 4.79 Å². The lowest BCUT2D eigenvalue weighted by Crippen LogP contribution is -2.30. The Hall–Kier alpha value is -3.49. The minimum absolute atomic E-state index is 0.0459. The molecule has 2 aromatic carbocycles. The van der Waals surface area contributed by atoms with E-state index in [2.05, 4.69) is 20.3 Å². The largest absolute Gasteiger partial charge is 0.449 e. The van der Waals surface area contributed by atoms with Crippen molar-refractivity contribution in [1.82, 2.24) is 10.2 Å². The highest BCUT2D eigenvalue weighted by Crippen LogP contribution is 2.25. The molecule has 0 aliphatic rings. The number of carbonyl (C=O) groups is 2. The number of aromatic nitrogens is 2. The van der Waals surface area contributed by atoms with Crippen molar-refractivity contribution >= 4 is 28.5 Å². The Labute approximate surface area is 152 Å². The number of esters is 1. The molecule has 1 atom stereocenters. The van der Waals surface area contributed by atoms with Crippen LogP contribution in [-0.4, -0.2) is 34.8 Å². The lowest BCUT2D eigenvalue weighted by molar-refractivity contribution is -0.123. The zero-order valence-corrected chi connectivity index (χ0v) is 14.1. The van der Waals surface area contributed by atoms with Crippen LogP contribution in [0, 0.1) is 0 Å². The fourth-order valence-electron chi connectivity index (χ4n) is 2.35. The van der Waals surface area contributed by atoms with E-state index in [1.165, 1.54) is 25.1 Å². The van der Waals surface area contributed by atoms with Crippen molar-refractivity contribution < 1.29 is 27.8 Å². The van der Waals surface area contributed by atoms with E-state index >= 15 is 0 Å². The zero-order valence-electron chi connectivity index (χ0n) is 14.1. The number of hydrogen-bond acceptors (Lipinski definition) is 5. The summed E-state index contributed by atoms with van der Waals surface area (Å²) >= 11 is 0. The maximum absolute atomic E-state index is 12.4. The molecule has 3 aromatic rings. The Kier molecular flexibility index (Phi) is 5.30. The molecule has 2 N–H and O–H groups in total. The third kappa shape index (κ3) is 4.38. The number of fused-ring (bicyclic) bond motifs is 1. The van der Waals surface area contributed by atoms with E-state index < -0.39 is 24.6 Å². The summed E-state index contributed by atoms with van der Waals surface area (Å²) in [6.07, 6.45) is 0.453. The first-order chi connectivity index (χ1) is 12.9. The molecule has 1 heterocycles. The first kappa shape index (κ1) is 18.3. The van der Waals surface area contributed by atoms with E-state index in [0.29, 0.717) is 5.52 Å². The van der Waals surface area contributed by atoms with Gasteiger partial charge < -0.3 is 14.8 Å². The van der Waals surface area contributed by atoms with Crippen LogP contribution in [0.2, 0.25) is 0 Å². The number of anilines is 1. The summed E-state index contributed by atoms with van der Waals surface area (Å²) in [5.74, 6) is -1.58. The number of benzene rings is 2. The minimum Gasteiger partial charge on any atom is -0.449 e. The predicted octanol–water partition coefficient (Wildman–Crippen LogP) is 3.35. The van der Waals surface area contributed by atoms with Crippen molar-refractivity contribution in [2.24, 2.45) is 0 Å². The van der Waals surface area contributed by atoms with Crippen molar-refractivity contribution in [2.75, 3.05) is 5.32 Å². The highest BCUT2D eigenvalue weighted by Gasteiger charge is 2.21. The number of H-pyrrole nitrogens is 1. The van der Waals surface area contributed by atoms with E-state index in [9.17, 15) is 18.4 Å². The molecule has 0 spiro atoms. The Morgan fingerprint density at radius 1 is 1.19 bits per heavy atom. The van der Waals surface area contributed by atoms with Gasteiger partial charge in [-0.3, -0.25) is 9.89 Å².